The molecule has 6 heteroatoms. The maximum absolute atomic E-state index is 13.1. The lowest BCUT2D eigenvalue weighted by Crippen LogP contribution is -2.26. The molecule has 0 aliphatic rings. The third-order valence-corrected chi connectivity index (χ3v) is 2.02. The molecule has 1 N–H and O–H groups in total. The molecule has 0 aromatic heterocycles. The molecule has 0 radical (unpaired) electrons. The van der Waals surface area contributed by atoms with Crippen molar-refractivity contribution in [3.63, 3.8) is 0 Å². The van der Waals surface area contributed by atoms with Crippen molar-refractivity contribution in [2.75, 3.05) is 7.11 Å². The first-order valence-electron chi connectivity index (χ1n) is 4.80. The smallest absolute Gasteiger partial charge is 0.315 e. The number of methoxy groups -OCH3 is 1. The van der Waals surface area contributed by atoms with Gasteiger partial charge in [-0.05, 0) is 6.07 Å². The lowest BCUT2D eigenvalue weighted by Gasteiger charge is -2.05. The van der Waals surface area contributed by atoms with E-state index in [9.17, 15) is 18.4 Å². The van der Waals surface area contributed by atoms with Gasteiger partial charge in [-0.15, -0.1) is 0 Å². The first kappa shape index (κ1) is 13.1. The Hall–Kier alpha value is -1.98. The number of esters is 1. The van der Waals surface area contributed by atoms with E-state index in [4.69, 9.17) is 0 Å². The van der Waals surface area contributed by atoms with Gasteiger partial charge >= 0.3 is 5.97 Å². The number of amides is 1. The fourth-order valence-electron chi connectivity index (χ4n) is 1.12. The molecule has 1 amide bonds. The molecule has 0 saturated heterocycles. The van der Waals surface area contributed by atoms with Crippen LogP contribution in [-0.2, 0) is 20.9 Å². The number of hydrogen-bond donors (Lipinski definition) is 1. The number of carbonyl (C=O) groups is 2. The summed E-state index contributed by atoms with van der Waals surface area (Å²) in [6.07, 6.45) is -0.431. The highest BCUT2D eigenvalue weighted by Crippen LogP contribution is 2.08. The molecule has 1 aromatic rings. The maximum Gasteiger partial charge on any atom is 0.315 e. The fraction of sp³-hybridized carbons (Fsp3) is 0.273. The Kier molecular flexibility index (Phi) is 4.56. The number of benzene rings is 1. The van der Waals surface area contributed by atoms with Crippen LogP contribution in [0.25, 0.3) is 0 Å². The van der Waals surface area contributed by atoms with E-state index in [0.29, 0.717) is 0 Å². The molecule has 1 aromatic carbocycles. The Morgan fingerprint density at radius 2 is 2.06 bits per heavy atom. The first-order chi connectivity index (χ1) is 8.02. The van der Waals surface area contributed by atoms with Gasteiger partial charge in [0.2, 0.25) is 5.91 Å². The third kappa shape index (κ3) is 4.18. The van der Waals surface area contributed by atoms with Crippen molar-refractivity contribution in [3.8, 4) is 0 Å². The van der Waals surface area contributed by atoms with Crippen molar-refractivity contribution in [2.24, 2.45) is 0 Å². The van der Waals surface area contributed by atoms with Gasteiger partial charge < -0.3 is 10.1 Å². The van der Waals surface area contributed by atoms with Crippen LogP contribution in [0.4, 0.5) is 8.78 Å². The predicted molar refractivity (Wildman–Crippen MR) is 54.8 cm³/mol. The number of ether oxygens (including phenoxy) is 1. The summed E-state index contributed by atoms with van der Waals surface area (Å²) in [7, 11) is 1.16. The number of nitrogens with one attached hydrogen (secondary N) is 1. The van der Waals surface area contributed by atoms with Gasteiger partial charge in [0.05, 0.1) is 7.11 Å². The largest absolute Gasteiger partial charge is 0.469 e. The van der Waals surface area contributed by atoms with Gasteiger partial charge in [-0.25, -0.2) is 8.78 Å². The molecular weight excluding hydrogens is 232 g/mol. The molecule has 17 heavy (non-hydrogen) atoms. The lowest BCUT2D eigenvalue weighted by molar-refractivity contribution is -0.143. The van der Waals surface area contributed by atoms with Crippen LogP contribution in [-0.4, -0.2) is 19.0 Å². The van der Waals surface area contributed by atoms with E-state index in [1.165, 1.54) is 6.07 Å². The lowest BCUT2D eigenvalue weighted by atomic mass is 10.2. The van der Waals surface area contributed by atoms with E-state index in [2.05, 4.69) is 10.1 Å². The molecule has 0 fully saturated rings. The summed E-state index contributed by atoms with van der Waals surface area (Å²) in [5.41, 5.74) is 0.143. The molecule has 0 heterocycles. The Morgan fingerprint density at radius 1 is 1.35 bits per heavy atom. The summed E-state index contributed by atoms with van der Waals surface area (Å²) in [5, 5.41) is 2.32. The Labute approximate surface area is 96.6 Å². The highest BCUT2D eigenvalue weighted by Gasteiger charge is 2.10. The highest BCUT2D eigenvalue weighted by molar-refractivity contribution is 5.94. The van der Waals surface area contributed by atoms with Gasteiger partial charge in [0.1, 0.15) is 18.1 Å². The van der Waals surface area contributed by atoms with Gasteiger partial charge in [-0.1, -0.05) is 6.07 Å². The minimum Gasteiger partial charge on any atom is -0.469 e. The van der Waals surface area contributed by atoms with E-state index in [1.807, 2.05) is 0 Å². The molecule has 1 rings (SSSR count). The molecular formula is C11H11F2NO3. The summed E-state index contributed by atoms with van der Waals surface area (Å²) in [5.74, 6) is -2.70. The van der Waals surface area contributed by atoms with E-state index in [1.54, 1.807) is 0 Å². The summed E-state index contributed by atoms with van der Waals surface area (Å²) >= 11 is 0. The highest BCUT2D eigenvalue weighted by atomic mass is 19.1. The van der Waals surface area contributed by atoms with Crippen molar-refractivity contribution in [1.82, 2.24) is 5.32 Å². The van der Waals surface area contributed by atoms with Gasteiger partial charge in [0, 0.05) is 18.2 Å². The van der Waals surface area contributed by atoms with E-state index >= 15 is 0 Å². The molecule has 0 aliphatic carbocycles. The van der Waals surface area contributed by atoms with E-state index in [-0.39, 0.29) is 12.1 Å². The van der Waals surface area contributed by atoms with Gasteiger partial charge in [0.25, 0.3) is 0 Å². The minimum absolute atomic E-state index is 0.109. The molecule has 0 aliphatic heterocycles. The molecule has 0 saturated carbocycles. The monoisotopic (exact) mass is 243 g/mol. The van der Waals surface area contributed by atoms with Crippen molar-refractivity contribution in [2.45, 2.75) is 13.0 Å². The molecule has 0 atom stereocenters. The van der Waals surface area contributed by atoms with Crippen LogP contribution in [0.5, 0.6) is 0 Å². The molecule has 0 spiro atoms. The first-order valence-corrected chi connectivity index (χ1v) is 4.80. The van der Waals surface area contributed by atoms with Gasteiger partial charge in [0.15, 0.2) is 0 Å². The molecule has 92 valence electrons. The maximum atomic E-state index is 13.1. The fourth-order valence-corrected chi connectivity index (χ4v) is 1.12. The van der Waals surface area contributed by atoms with Crippen LogP contribution in [0.2, 0.25) is 0 Å². The van der Waals surface area contributed by atoms with Crippen LogP contribution in [0.1, 0.15) is 12.0 Å². The second kappa shape index (κ2) is 5.93. The van der Waals surface area contributed by atoms with Crippen LogP contribution in [0, 0.1) is 11.6 Å². The standard InChI is InChI=1S/C11H11F2NO3/c1-17-11(16)5-10(15)14-6-7-2-3-8(12)4-9(7)13/h2-4H,5-6H2,1H3,(H,14,15). The Balaban J connectivity index is 2.50. The Bertz CT molecular complexity index is 435. The van der Waals surface area contributed by atoms with Crippen LogP contribution in [0.3, 0.4) is 0 Å². The predicted octanol–water partition coefficient (Wildman–Crippen LogP) is 1.14. The summed E-state index contributed by atoms with van der Waals surface area (Å²) in [6, 6.07) is 3.04. The van der Waals surface area contributed by atoms with Gasteiger partial charge in [-0.3, -0.25) is 9.59 Å². The normalized spacial score (nSPS) is 9.82. The number of carbonyl (C=O) groups excluding carboxylic acids is 2. The molecule has 4 nitrogen and oxygen atoms in total. The summed E-state index contributed by atoms with van der Waals surface area (Å²) < 4.78 is 30.0. The number of halogens is 2. The molecule has 0 bridgehead atoms. The topological polar surface area (TPSA) is 55.4 Å². The van der Waals surface area contributed by atoms with Crippen molar-refractivity contribution < 1.29 is 23.1 Å². The second-order valence-corrected chi connectivity index (χ2v) is 3.27. The zero-order valence-electron chi connectivity index (χ0n) is 9.13. The van der Waals surface area contributed by atoms with Gasteiger partial charge in [-0.2, -0.15) is 0 Å². The third-order valence-electron chi connectivity index (χ3n) is 2.02. The SMILES string of the molecule is COC(=O)CC(=O)NCc1ccc(F)cc1F. The minimum atomic E-state index is -0.747. The number of hydrogen-bond acceptors (Lipinski definition) is 3. The zero-order chi connectivity index (χ0) is 12.8. The second-order valence-electron chi connectivity index (χ2n) is 3.27. The van der Waals surface area contributed by atoms with Crippen molar-refractivity contribution in [1.29, 1.82) is 0 Å². The zero-order valence-corrected chi connectivity index (χ0v) is 9.13. The summed E-state index contributed by atoms with van der Waals surface area (Å²) in [6.45, 7) is -0.109. The number of rotatable bonds is 4. The van der Waals surface area contributed by atoms with E-state index < -0.39 is 29.9 Å². The summed E-state index contributed by atoms with van der Waals surface area (Å²) in [4.78, 5) is 21.9. The van der Waals surface area contributed by atoms with Crippen LogP contribution in [0.15, 0.2) is 18.2 Å². The average Bonchev–Trinajstić information content (AvgIpc) is 2.27. The molecule has 0 unspecified atom stereocenters. The average molecular weight is 243 g/mol. The van der Waals surface area contributed by atoms with Crippen molar-refractivity contribution in [3.05, 3.63) is 35.4 Å². The quantitative estimate of drug-likeness (QED) is 0.637. The Morgan fingerprint density at radius 3 is 2.65 bits per heavy atom. The van der Waals surface area contributed by atoms with Crippen LogP contribution < -0.4 is 5.32 Å². The van der Waals surface area contributed by atoms with E-state index in [0.717, 1.165) is 19.2 Å². The van der Waals surface area contributed by atoms with Crippen LogP contribution >= 0.6 is 0 Å². The van der Waals surface area contributed by atoms with Crippen molar-refractivity contribution >= 4 is 11.9 Å².